The number of furan rings is 1. The van der Waals surface area contributed by atoms with Gasteiger partial charge in [0, 0.05) is 5.92 Å². The minimum Gasteiger partial charge on any atom is -0.460 e. The van der Waals surface area contributed by atoms with Crippen LogP contribution in [0.3, 0.4) is 0 Å². The number of hydrazone groups is 1. The lowest BCUT2D eigenvalue weighted by Crippen LogP contribution is -2.29. The first-order valence-corrected chi connectivity index (χ1v) is 6.47. The van der Waals surface area contributed by atoms with Crippen LogP contribution < -0.4 is 5.43 Å². The second-order valence-corrected chi connectivity index (χ2v) is 5.93. The number of carbonyl (C=O) groups excluding carboxylic acids is 1. The molecule has 0 radical (unpaired) electrons. The summed E-state index contributed by atoms with van der Waals surface area (Å²) in [6.07, 6.45) is 2.08. The summed E-state index contributed by atoms with van der Waals surface area (Å²) in [5.41, 5.74) is 1.77. The zero-order chi connectivity index (χ0) is 14.0. The number of hydrogen-bond acceptors (Lipinski definition) is 4. The fraction of sp³-hybridized carbons (Fsp3) is 0.571. The lowest BCUT2D eigenvalue weighted by atomic mass is 10.2. The number of nitrogens with zero attached hydrogens (tertiary/aromatic N) is 1. The van der Waals surface area contributed by atoms with Crippen LogP contribution in [0.2, 0.25) is 0 Å². The zero-order valence-corrected chi connectivity index (χ0v) is 11.8. The van der Waals surface area contributed by atoms with Crippen molar-refractivity contribution in [1.29, 1.82) is 0 Å². The van der Waals surface area contributed by atoms with E-state index in [1.807, 2.05) is 12.1 Å². The highest BCUT2D eigenvalue weighted by molar-refractivity contribution is 5.77. The molecular weight excluding hydrogens is 244 g/mol. The van der Waals surface area contributed by atoms with Gasteiger partial charge in [-0.3, -0.25) is 0 Å². The second-order valence-electron chi connectivity index (χ2n) is 5.93. The minimum absolute atomic E-state index is 0.528. The van der Waals surface area contributed by atoms with Gasteiger partial charge < -0.3 is 9.15 Å². The highest BCUT2D eigenvalue weighted by Gasteiger charge is 2.36. The Kier molecular flexibility index (Phi) is 3.64. The largest absolute Gasteiger partial charge is 0.460 e. The molecule has 2 atom stereocenters. The summed E-state index contributed by atoms with van der Waals surface area (Å²) in [5, 5.41) is 3.79. The first-order valence-electron chi connectivity index (χ1n) is 6.47. The molecule has 1 saturated carbocycles. The highest BCUT2D eigenvalue weighted by atomic mass is 16.6. The lowest BCUT2D eigenvalue weighted by molar-refractivity contribution is 0.0529. The summed E-state index contributed by atoms with van der Waals surface area (Å²) < 4.78 is 10.7. The van der Waals surface area contributed by atoms with Crippen molar-refractivity contribution in [3.63, 3.8) is 0 Å². The van der Waals surface area contributed by atoms with Crippen LogP contribution >= 0.6 is 0 Å². The third kappa shape index (κ3) is 4.12. The van der Waals surface area contributed by atoms with Gasteiger partial charge >= 0.3 is 6.09 Å². The van der Waals surface area contributed by atoms with Crippen LogP contribution in [0.4, 0.5) is 4.79 Å². The Morgan fingerprint density at radius 3 is 2.79 bits per heavy atom. The number of nitrogens with one attached hydrogen (secondary N) is 1. The molecular formula is C14H20N2O3. The van der Waals surface area contributed by atoms with E-state index in [2.05, 4.69) is 17.5 Å². The first kappa shape index (κ1) is 13.6. The standard InChI is InChI=1S/C14H20N2O3/c1-9-7-11(9)12-6-5-10(18-12)8-15-16-13(17)19-14(2,3)4/h5-6,8-9,11H,7H2,1-4H3,(H,16,17)/b15-8-/t9-,11-/m0/s1. The van der Waals surface area contributed by atoms with Gasteiger partial charge in [0.2, 0.25) is 0 Å². The molecule has 1 aliphatic carbocycles. The van der Waals surface area contributed by atoms with E-state index < -0.39 is 11.7 Å². The maximum atomic E-state index is 11.3. The van der Waals surface area contributed by atoms with Crippen molar-refractivity contribution in [2.45, 2.75) is 45.6 Å². The average Bonchev–Trinajstić information content (AvgIpc) is 2.82. The maximum absolute atomic E-state index is 11.3. The van der Waals surface area contributed by atoms with Gasteiger partial charge in [0.25, 0.3) is 0 Å². The zero-order valence-electron chi connectivity index (χ0n) is 11.8. The van der Waals surface area contributed by atoms with Crippen LogP contribution in [0.25, 0.3) is 0 Å². The number of rotatable bonds is 3. The average molecular weight is 264 g/mol. The van der Waals surface area contributed by atoms with E-state index in [0.717, 1.165) is 5.76 Å². The molecule has 1 fully saturated rings. The van der Waals surface area contributed by atoms with Crippen molar-refractivity contribution >= 4 is 12.3 Å². The smallest absolute Gasteiger partial charge is 0.428 e. The number of carbonyl (C=O) groups is 1. The Labute approximate surface area is 113 Å². The van der Waals surface area contributed by atoms with E-state index in [-0.39, 0.29) is 0 Å². The van der Waals surface area contributed by atoms with Gasteiger partial charge in [-0.25, -0.2) is 10.2 Å². The van der Waals surface area contributed by atoms with E-state index in [9.17, 15) is 4.79 Å². The van der Waals surface area contributed by atoms with Crippen LogP contribution in [-0.2, 0) is 4.74 Å². The molecule has 1 heterocycles. The quantitative estimate of drug-likeness (QED) is 0.673. The molecule has 1 amide bonds. The van der Waals surface area contributed by atoms with Crippen molar-refractivity contribution in [1.82, 2.24) is 5.43 Å². The summed E-state index contributed by atoms with van der Waals surface area (Å²) in [6, 6.07) is 3.81. The SMILES string of the molecule is C[C@H]1C[C@@H]1c1ccc(/C=N\NC(=O)OC(C)(C)C)o1. The summed E-state index contributed by atoms with van der Waals surface area (Å²) in [4.78, 5) is 11.3. The van der Waals surface area contributed by atoms with Gasteiger partial charge in [-0.1, -0.05) is 6.92 Å². The molecule has 0 unspecified atom stereocenters. The molecule has 5 nitrogen and oxygen atoms in total. The van der Waals surface area contributed by atoms with Crippen LogP contribution in [0.15, 0.2) is 21.7 Å². The fourth-order valence-electron chi connectivity index (χ4n) is 1.81. The fourth-order valence-corrected chi connectivity index (χ4v) is 1.81. The molecule has 1 aromatic heterocycles. The first-order chi connectivity index (χ1) is 8.85. The van der Waals surface area contributed by atoms with Crippen LogP contribution in [0.1, 0.15) is 51.6 Å². The van der Waals surface area contributed by atoms with Gasteiger partial charge in [0.15, 0.2) is 0 Å². The number of hydrogen-bond donors (Lipinski definition) is 1. The Balaban J connectivity index is 1.82. The lowest BCUT2D eigenvalue weighted by Gasteiger charge is -2.18. The number of ether oxygens (including phenoxy) is 1. The molecule has 0 aliphatic heterocycles. The molecule has 5 heteroatoms. The third-order valence-corrected chi connectivity index (χ3v) is 2.87. The van der Waals surface area contributed by atoms with E-state index in [1.165, 1.54) is 12.6 Å². The predicted octanol–water partition coefficient (Wildman–Crippen LogP) is 3.26. The second kappa shape index (κ2) is 5.07. The van der Waals surface area contributed by atoms with Gasteiger partial charge in [-0.05, 0) is 45.2 Å². The molecule has 1 aromatic rings. The molecule has 0 saturated heterocycles. The summed E-state index contributed by atoms with van der Waals surface area (Å²) in [7, 11) is 0. The molecule has 0 spiro atoms. The molecule has 104 valence electrons. The third-order valence-electron chi connectivity index (χ3n) is 2.87. The van der Waals surface area contributed by atoms with Crippen LogP contribution in [0, 0.1) is 5.92 Å². The van der Waals surface area contributed by atoms with Gasteiger partial charge in [0.1, 0.15) is 17.1 Å². The van der Waals surface area contributed by atoms with Crippen LogP contribution in [-0.4, -0.2) is 17.9 Å². The molecule has 1 N–H and O–H groups in total. The number of amides is 1. The Bertz CT molecular complexity index is 485. The van der Waals surface area contributed by atoms with E-state index in [4.69, 9.17) is 9.15 Å². The van der Waals surface area contributed by atoms with Gasteiger partial charge in [-0.15, -0.1) is 0 Å². The van der Waals surface area contributed by atoms with Gasteiger partial charge in [-0.2, -0.15) is 5.10 Å². The van der Waals surface area contributed by atoms with Crippen molar-refractivity contribution in [3.8, 4) is 0 Å². The van der Waals surface area contributed by atoms with Crippen molar-refractivity contribution < 1.29 is 13.9 Å². The molecule has 2 rings (SSSR count). The van der Waals surface area contributed by atoms with Gasteiger partial charge in [0.05, 0.1) is 6.21 Å². The van der Waals surface area contributed by atoms with Crippen molar-refractivity contribution in [2.24, 2.45) is 11.0 Å². The van der Waals surface area contributed by atoms with Crippen LogP contribution in [0.5, 0.6) is 0 Å². The maximum Gasteiger partial charge on any atom is 0.428 e. The van der Waals surface area contributed by atoms with Crippen molar-refractivity contribution in [3.05, 3.63) is 23.7 Å². The minimum atomic E-state index is -0.577. The van der Waals surface area contributed by atoms with E-state index in [0.29, 0.717) is 17.6 Å². The Morgan fingerprint density at radius 2 is 2.21 bits per heavy atom. The predicted molar refractivity (Wildman–Crippen MR) is 72.2 cm³/mol. The summed E-state index contributed by atoms with van der Waals surface area (Å²) in [5.74, 6) is 2.87. The monoisotopic (exact) mass is 264 g/mol. The highest BCUT2D eigenvalue weighted by Crippen LogP contribution is 2.47. The normalized spacial score (nSPS) is 22.5. The molecule has 1 aliphatic rings. The summed E-state index contributed by atoms with van der Waals surface area (Å²) in [6.45, 7) is 7.59. The molecule has 0 bridgehead atoms. The topological polar surface area (TPSA) is 63.8 Å². The summed E-state index contributed by atoms with van der Waals surface area (Å²) >= 11 is 0. The van der Waals surface area contributed by atoms with E-state index >= 15 is 0 Å². The molecule has 19 heavy (non-hydrogen) atoms. The Morgan fingerprint density at radius 1 is 1.53 bits per heavy atom. The Hall–Kier alpha value is -1.78. The van der Waals surface area contributed by atoms with Crippen molar-refractivity contribution in [2.75, 3.05) is 0 Å². The van der Waals surface area contributed by atoms with E-state index in [1.54, 1.807) is 20.8 Å². The molecule has 0 aromatic carbocycles.